The Hall–Kier alpha value is -0.920. The standard InChI is InChI=1S/C11H20N4O2S/c1-8-6-12-5-4-10(8)14-18(16,17)11-7-15(3)9(2)13-11/h7-8,10,12,14H,4-6H2,1-3H3/t8-,10+/m1/s1. The van der Waals surface area contributed by atoms with Gasteiger partial charge in [0.1, 0.15) is 5.82 Å². The molecule has 1 aromatic heterocycles. The second-order valence-corrected chi connectivity index (χ2v) is 6.60. The smallest absolute Gasteiger partial charge is 0.259 e. The molecule has 2 rings (SSSR count). The third kappa shape index (κ3) is 2.73. The van der Waals surface area contributed by atoms with Crippen molar-refractivity contribution >= 4 is 10.0 Å². The fraction of sp³-hybridized carbons (Fsp3) is 0.727. The van der Waals surface area contributed by atoms with Gasteiger partial charge in [-0.1, -0.05) is 6.92 Å². The van der Waals surface area contributed by atoms with Gasteiger partial charge in [-0.2, -0.15) is 0 Å². The normalized spacial score (nSPS) is 25.3. The molecule has 18 heavy (non-hydrogen) atoms. The lowest BCUT2D eigenvalue weighted by molar-refractivity contribution is 0.328. The zero-order valence-electron chi connectivity index (χ0n) is 11.0. The number of hydrogen-bond acceptors (Lipinski definition) is 4. The zero-order chi connectivity index (χ0) is 13.3. The molecule has 0 radical (unpaired) electrons. The quantitative estimate of drug-likeness (QED) is 0.812. The maximum absolute atomic E-state index is 12.2. The van der Waals surface area contributed by atoms with Crippen molar-refractivity contribution in [3.05, 3.63) is 12.0 Å². The van der Waals surface area contributed by atoms with Crippen molar-refractivity contribution in [1.29, 1.82) is 0 Å². The van der Waals surface area contributed by atoms with Crippen LogP contribution in [0.4, 0.5) is 0 Å². The minimum atomic E-state index is -3.50. The largest absolute Gasteiger partial charge is 0.337 e. The number of rotatable bonds is 3. The van der Waals surface area contributed by atoms with E-state index in [1.807, 2.05) is 6.92 Å². The van der Waals surface area contributed by atoms with Gasteiger partial charge in [0.05, 0.1) is 0 Å². The van der Waals surface area contributed by atoms with Crippen LogP contribution in [0.25, 0.3) is 0 Å². The summed E-state index contributed by atoms with van der Waals surface area (Å²) >= 11 is 0. The zero-order valence-corrected chi connectivity index (χ0v) is 11.8. The molecule has 1 aromatic rings. The first-order chi connectivity index (χ1) is 8.40. The van der Waals surface area contributed by atoms with Gasteiger partial charge in [0, 0.05) is 19.3 Å². The third-order valence-corrected chi connectivity index (χ3v) is 4.81. The Bertz CT molecular complexity index is 504. The number of sulfonamides is 1. The molecule has 2 N–H and O–H groups in total. The minimum Gasteiger partial charge on any atom is -0.337 e. The van der Waals surface area contributed by atoms with E-state index in [1.54, 1.807) is 24.7 Å². The van der Waals surface area contributed by atoms with Crippen molar-refractivity contribution in [2.24, 2.45) is 13.0 Å². The lowest BCUT2D eigenvalue weighted by Crippen LogP contribution is -2.48. The lowest BCUT2D eigenvalue weighted by Gasteiger charge is -2.29. The minimum absolute atomic E-state index is 0.0152. The van der Waals surface area contributed by atoms with Crippen LogP contribution in [0, 0.1) is 12.8 Å². The highest BCUT2D eigenvalue weighted by molar-refractivity contribution is 7.89. The van der Waals surface area contributed by atoms with Gasteiger partial charge in [0.25, 0.3) is 10.0 Å². The SMILES string of the molecule is Cc1nc(S(=O)(=O)N[C@H]2CCNC[C@H]2C)cn1C. The Morgan fingerprint density at radius 1 is 1.56 bits per heavy atom. The number of nitrogens with zero attached hydrogens (tertiary/aromatic N) is 2. The second-order valence-electron chi connectivity index (χ2n) is 4.94. The Kier molecular flexibility index (Phi) is 3.74. The number of piperidine rings is 1. The van der Waals surface area contributed by atoms with Crippen molar-refractivity contribution in [1.82, 2.24) is 19.6 Å². The number of aryl methyl sites for hydroxylation is 2. The van der Waals surface area contributed by atoms with Crippen molar-refractivity contribution < 1.29 is 8.42 Å². The van der Waals surface area contributed by atoms with Crippen molar-refractivity contribution in [2.75, 3.05) is 13.1 Å². The summed E-state index contributed by atoms with van der Waals surface area (Å²) in [6.45, 7) is 5.52. The van der Waals surface area contributed by atoms with Gasteiger partial charge in [-0.05, 0) is 32.4 Å². The van der Waals surface area contributed by atoms with E-state index in [2.05, 4.69) is 15.0 Å². The van der Waals surface area contributed by atoms with Crippen LogP contribution >= 0.6 is 0 Å². The van der Waals surface area contributed by atoms with Crippen LogP contribution in [0.2, 0.25) is 0 Å². The third-order valence-electron chi connectivity index (χ3n) is 3.45. The molecule has 1 aliphatic rings. The van der Waals surface area contributed by atoms with Crippen LogP contribution in [-0.4, -0.2) is 37.1 Å². The molecule has 6 nitrogen and oxygen atoms in total. The molecule has 0 saturated carbocycles. The van der Waals surface area contributed by atoms with Gasteiger partial charge >= 0.3 is 0 Å². The fourth-order valence-electron chi connectivity index (χ4n) is 2.10. The molecule has 0 amide bonds. The first-order valence-corrected chi connectivity index (χ1v) is 7.61. The molecule has 1 aliphatic heterocycles. The summed E-state index contributed by atoms with van der Waals surface area (Å²) in [7, 11) is -1.72. The molecule has 2 atom stereocenters. The number of aromatic nitrogens is 2. The van der Waals surface area contributed by atoms with Crippen LogP contribution in [-0.2, 0) is 17.1 Å². The molecule has 0 bridgehead atoms. The van der Waals surface area contributed by atoms with E-state index >= 15 is 0 Å². The number of imidazole rings is 1. The first kappa shape index (κ1) is 13.5. The number of hydrogen-bond donors (Lipinski definition) is 2. The predicted octanol–water partition coefficient (Wildman–Crippen LogP) is 0.00482. The molecule has 0 aliphatic carbocycles. The van der Waals surface area contributed by atoms with E-state index in [0.29, 0.717) is 11.7 Å². The van der Waals surface area contributed by atoms with E-state index in [9.17, 15) is 8.42 Å². The molecular weight excluding hydrogens is 252 g/mol. The van der Waals surface area contributed by atoms with Crippen molar-refractivity contribution in [3.63, 3.8) is 0 Å². The average molecular weight is 272 g/mol. The van der Waals surface area contributed by atoms with Gasteiger partial charge in [-0.3, -0.25) is 0 Å². The highest BCUT2D eigenvalue weighted by Crippen LogP contribution is 2.15. The Balaban J connectivity index is 2.16. The lowest BCUT2D eigenvalue weighted by atomic mass is 9.97. The highest BCUT2D eigenvalue weighted by Gasteiger charge is 2.28. The van der Waals surface area contributed by atoms with Crippen LogP contribution in [0.3, 0.4) is 0 Å². The fourth-order valence-corrected chi connectivity index (χ4v) is 3.52. The summed E-state index contributed by atoms with van der Waals surface area (Å²) in [5.41, 5.74) is 0. The van der Waals surface area contributed by atoms with Crippen LogP contribution in [0.1, 0.15) is 19.2 Å². The van der Waals surface area contributed by atoms with E-state index in [1.165, 1.54) is 0 Å². The van der Waals surface area contributed by atoms with Crippen LogP contribution in [0.5, 0.6) is 0 Å². The Morgan fingerprint density at radius 3 is 2.83 bits per heavy atom. The second kappa shape index (κ2) is 4.99. The first-order valence-electron chi connectivity index (χ1n) is 6.13. The summed E-state index contributed by atoms with van der Waals surface area (Å²) in [6, 6.07) is -0.0152. The molecule has 102 valence electrons. The molecule has 1 saturated heterocycles. The average Bonchev–Trinajstić information content (AvgIpc) is 2.63. The summed E-state index contributed by atoms with van der Waals surface area (Å²) in [6.07, 6.45) is 2.36. The predicted molar refractivity (Wildman–Crippen MR) is 68.7 cm³/mol. The van der Waals surface area contributed by atoms with Crippen LogP contribution in [0.15, 0.2) is 11.2 Å². The summed E-state index contributed by atoms with van der Waals surface area (Å²) in [5, 5.41) is 3.35. The monoisotopic (exact) mass is 272 g/mol. The van der Waals surface area contributed by atoms with Crippen molar-refractivity contribution in [2.45, 2.75) is 31.3 Å². The molecule has 0 aromatic carbocycles. The van der Waals surface area contributed by atoms with Gasteiger partial charge < -0.3 is 9.88 Å². The Morgan fingerprint density at radius 2 is 2.28 bits per heavy atom. The molecule has 1 fully saturated rings. The topological polar surface area (TPSA) is 76.0 Å². The van der Waals surface area contributed by atoms with Gasteiger partial charge in [0.2, 0.25) is 0 Å². The molecular formula is C11H20N4O2S. The van der Waals surface area contributed by atoms with E-state index in [-0.39, 0.29) is 11.1 Å². The Labute approximate surface area is 108 Å². The van der Waals surface area contributed by atoms with E-state index in [4.69, 9.17) is 0 Å². The van der Waals surface area contributed by atoms with Gasteiger partial charge in [-0.25, -0.2) is 18.1 Å². The summed E-state index contributed by atoms with van der Waals surface area (Å²) in [4.78, 5) is 4.07. The van der Waals surface area contributed by atoms with Gasteiger partial charge in [0.15, 0.2) is 5.03 Å². The van der Waals surface area contributed by atoms with E-state index < -0.39 is 10.0 Å². The van der Waals surface area contributed by atoms with Crippen molar-refractivity contribution in [3.8, 4) is 0 Å². The molecule has 7 heteroatoms. The maximum Gasteiger partial charge on any atom is 0.259 e. The molecule has 0 spiro atoms. The van der Waals surface area contributed by atoms with E-state index in [0.717, 1.165) is 19.5 Å². The molecule has 2 heterocycles. The maximum atomic E-state index is 12.2. The van der Waals surface area contributed by atoms with Crippen LogP contribution < -0.4 is 10.0 Å². The van der Waals surface area contributed by atoms with Gasteiger partial charge in [-0.15, -0.1) is 0 Å². The molecule has 0 unspecified atom stereocenters. The summed E-state index contributed by atoms with van der Waals surface area (Å²) in [5.74, 6) is 0.979. The highest BCUT2D eigenvalue weighted by atomic mass is 32.2. The number of nitrogens with one attached hydrogen (secondary N) is 2. The summed E-state index contributed by atoms with van der Waals surface area (Å²) < 4.78 is 28.9.